The molecule has 6 heteroatoms. The summed E-state index contributed by atoms with van der Waals surface area (Å²) in [6.45, 7) is 4.90. The molecule has 0 bridgehead atoms. The van der Waals surface area contributed by atoms with Crippen LogP contribution in [0.5, 0.6) is 0 Å². The molecule has 0 aliphatic heterocycles. The van der Waals surface area contributed by atoms with Gasteiger partial charge in [-0.3, -0.25) is 4.79 Å². The van der Waals surface area contributed by atoms with E-state index in [1.807, 2.05) is 6.92 Å². The molecule has 1 N–H and O–H groups in total. The molecule has 0 rings (SSSR count). The summed E-state index contributed by atoms with van der Waals surface area (Å²) in [4.78, 5) is 11.2. The van der Waals surface area contributed by atoms with Gasteiger partial charge < -0.3 is 9.84 Å². The van der Waals surface area contributed by atoms with Gasteiger partial charge in [0, 0.05) is 12.7 Å². The molecule has 0 spiro atoms. The fraction of sp³-hybridized carbons (Fsp3) is 0.917. The normalized spacial score (nSPS) is 16.9. The Morgan fingerprint density at radius 1 is 1.33 bits per heavy atom. The zero-order chi connectivity index (χ0) is 14.4. The molecule has 0 aliphatic carbocycles. The van der Waals surface area contributed by atoms with Crippen LogP contribution in [0.4, 0.5) is 0 Å². The number of aliphatic hydroxyl groups is 1. The maximum absolute atomic E-state index is 12.0. The van der Waals surface area contributed by atoms with Crippen LogP contribution in [0, 0.1) is 0 Å². The second-order valence-electron chi connectivity index (χ2n) is 4.51. The molecule has 0 heterocycles. The van der Waals surface area contributed by atoms with Crippen molar-refractivity contribution in [2.45, 2.75) is 57.3 Å². The maximum atomic E-state index is 12.0. The van der Waals surface area contributed by atoms with Crippen LogP contribution >= 0.6 is 0 Å². The fourth-order valence-electron chi connectivity index (χ4n) is 1.89. The fourth-order valence-corrected chi connectivity index (χ4v) is 3.30. The van der Waals surface area contributed by atoms with Crippen molar-refractivity contribution in [3.05, 3.63) is 0 Å². The van der Waals surface area contributed by atoms with Gasteiger partial charge in [-0.25, -0.2) is 8.42 Å². The van der Waals surface area contributed by atoms with Gasteiger partial charge in [-0.15, -0.1) is 0 Å². The highest BCUT2D eigenvalue weighted by molar-refractivity contribution is 7.92. The predicted octanol–water partition coefficient (Wildman–Crippen LogP) is 1.29. The van der Waals surface area contributed by atoms with Crippen LogP contribution in [0.25, 0.3) is 0 Å². The molecular formula is C12H24O5S. The average Bonchev–Trinajstić information content (AvgIpc) is 2.28. The van der Waals surface area contributed by atoms with Crippen molar-refractivity contribution >= 4 is 15.8 Å². The number of sulfone groups is 1. The average molecular weight is 280 g/mol. The van der Waals surface area contributed by atoms with Gasteiger partial charge in [-0.1, -0.05) is 27.2 Å². The number of aliphatic hydroxyl groups excluding tert-OH is 1. The third kappa shape index (κ3) is 3.95. The van der Waals surface area contributed by atoms with Crippen molar-refractivity contribution in [3.8, 4) is 0 Å². The van der Waals surface area contributed by atoms with Crippen molar-refractivity contribution in [3.63, 3.8) is 0 Å². The Bertz CT molecular complexity index is 363. The Labute approximate surface area is 109 Å². The lowest BCUT2D eigenvalue weighted by atomic mass is 9.95. The largest absolute Gasteiger partial charge is 0.464 e. The number of carbonyl (C=O) groups excluding carboxylic acids is 1. The molecule has 0 aromatic rings. The van der Waals surface area contributed by atoms with E-state index in [0.717, 1.165) is 6.26 Å². The van der Waals surface area contributed by atoms with Gasteiger partial charge in [0.05, 0.1) is 6.10 Å². The SMILES string of the molecule is CCCC(O)C(CC)(COC(=O)CC)S(C)(=O)=O. The Morgan fingerprint density at radius 2 is 1.89 bits per heavy atom. The third-order valence-corrected chi connectivity index (χ3v) is 5.43. The van der Waals surface area contributed by atoms with Gasteiger partial charge >= 0.3 is 5.97 Å². The molecule has 18 heavy (non-hydrogen) atoms. The lowest BCUT2D eigenvalue weighted by Crippen LogP contribution is -2.52. The monoisotopic (exact) mass is 280 g/mol. The predicted molar refractivity (Wildman–Crippen MR) is 70.0 cm³/mol. The first-order valence-corrected chi connectivity index (χ1v) is 8.17. The lowest BCUT2D eigenvalue weighted by Gasteiger charge is -2.34. The van der Waals surface area contributed by atoms with E-state index in [2.05, 4.69) is 0 Å². The molecule has 0 aromatic heterocycles. The summed E-state index contributed by atoms with van der Waals surface area (Å²) in [7, 11) is -3.53. The van der Waals surface area contributed by atoms with Crippen LogP contribution in [0.2, 0.25) is 0 Å². The van der Waals surface area contributed by atoms with Gasteiger partial charge in [0.1, 0.15) is 11.4 Å². The highest BCUT2D eigenvalue weighted by Gasteiger charge is 2.46. The zero-order valence-corrected chi connectivity index (χ0v) is 12.4. The van der Waals surface area contributed by atoms with Crippen molar-refractivity contribution in [1.29, 1.82) is 0 Å². The van der Waals surface area contributed by atoms with Crippen molar-refractivity contribution < 1.29 is 23.1 Å². The van der Waals surface area contributed by atoms with E-state index >= 15 is 0 Å². The van der Waals surface area contributed by atoms with Crippen LogP contribution in [0.15, 0.2) is 0 Å². The van der Waals surface area contributed by atoms with E-state index in [4.69, 9.17) is 4.74 Å². The van der Waals surface area contributed by atoms with Crippen molar-refractivity contribution in [1.82, 2.24) is 0 Å². The first-order valence-electron chi connectivity index (χ1n) is 6.28. The van der Waals surface area contributed by atoms with Gasteiger partial charge in [-0.05, 0) is 12.8 Å². The molecule has 0 radical (unpaired) electrons. The standard InChI is InChI=1S/C12H24O5S/c1-5-8-10(13)12(7-3,18(4,15)16)9-17-11(14)6-2/h10,13H,5-9H2,1-4H3. The van der Waals surface area contributed by atoms with Crippen LogP contribution in [-0.4, -0.2) is 43.2 Å². The van der Waals surface area contributed by atoms with E-state index in [1.165, 1.54) is 0 Å². The molecule has 0 saturated carbocycles. The molecule has 5 nitrogen and oxygen atoms in total. The van der Waals surface area contributed by atoms with E-state index in [1.54, 1.807) is 13.8 Å². The van der Waals surface area contributed by atoms with E-state index < -0.39 is 26.7 Å². The van der Waals surface area contributed by atoms with Crippen LogP contribution < -0.4 is 0 Å². The van der Waals surface area contributed by atoms with E-state index in [-0.39, 0.29) is 19.4 Å². The molecule has 0 saturated heterocycles. The zero-order valence-electron chi connectivity index (χ0n) is 11.6. The van der Waals surface area contributed by atoms with E-state index in [0.29, 0.717) is 12.8 Å². The van der Waals surface area contributed by atoms with Gasteiger partial charge in [0.15, 0.2) is 9.84 Å². The summed E-state index contributed by atoms with van der Waals surface area (Å²) in [5, 5.41) is 10.1. The Balaban J connectivity index is 5.19. The Morgan fingerprint density at radius 3 is 2.22 bits per heavy atom. The lowest BCUT2D eigenvalue weighted by molar-refractivity contribution is -0.145. The van der Waals surface area contributed by atoms with Crippen LogP contribution in [0.1, 0.15) is 46.5 Å². The quantitative estimate of drug-likeness (QED) is 0.678. The minimum Gasteiger partial charge on any atom is -0.464 e. The summed E-state index contributed by atoms with van der Waals surface area (Å²) in [5.41, 5.74) is 0. The second-order valence-corrected chi connectivity index (χ2v) is 6.87. The summed E-state index contributed by atoms with van der Waals surface area (Å²) in [5.74, 6) is -0.458. The number of ether oxygens (including phenoxy) is 1. The maximum Gasteiger partial charge on any atom is 0.305 e. The third-order valence-electron chi connectivity index (χ3n) is 3.27. The number of rotatable bonds is 8. The Hall–Kier alpha value is -0.620. The molecule has 2 atom stereocenters. The minimum absolute atomic E-state index is 0.188. The van der Waals surface area contributed by atoms with E-state index in [9.17, 15) is 18.3 Å². The molecule has 108 valence electrons. The minimum atomic E-state index is -3.53. The topological polar surface area (TPSA) is 80.7 Å². The number of carbonyl (C=O) groups is 1. The summed E-state index contributed by atoms with van der Waals surface area (Å²) < 4.78 is 27.5. The Kier molecular flexibility index (Phi) is 6.84. The smallest absolute Gasteiger partial charge is 0.305 e. The van der Waals surface area contributed by atoms with Gasteiger partial charge in [0.25, 0.3) is 0 Å². The molecular weight excluding hydrogens is 256 g/mol. The van der Waals surface area contributed by atoms with Crippen molar-refractivity contribution in [2.75, 3.05) is 12.9 Å². The second kappa shape index (κ2) is 7.09. The molecule has 0 aromatic carbocycles. The van der Waals surface area contributed by atoms with Crippen molar-refractivity contribution in [2.24, 2.45) is 0 Å². The molecule has 2 unspecified atom stereocenters. The summed E-state index contributed by atoms with van der Waals surface area (Å²) in [6, 6.07) is 0. The number of hydrogen-bond acceptors (Lipinski definition) is 5. The summed E-state index contributed by atoms with van der Waals surface area (Å²) in [6.07, 6.45) is 1.49. The first kappa shape index (κ1) is 17.4. The first-order chi connectivity index (χ1) is 8.25. The van der Waals surface area contributed by atoms with Crippen LogP contribution in [-0.2, 0) is 19.4 Å². The molecule has 0 fully saturated rings. The molecule has 0 aliphatic rings. The van der Waals surface area contributed by atoms with Crippen LogP contribution in [0.3, 0.4) is 0 Å². The van der Waals surface area contributed by atoms with Gasteiger partial charge in [0.2, 0.25) is 0 Å². The highest BCUT2D eigenvalue weighted by atomic mass is 32.2. The number of hydrogen-bond donors (Lipinski definition) is 1. The number of esters is 1. The highest BCUT2D eigenvalue weighted by Crippen LogP contribution is 2.29. The molecule has 0 amide bonds. The van der Waals surface area contributed by atoms with Gasteiger partial charge in [-0.2, -0.15) is 0 Å². The summed E-state index contributed by atoms with van der Waals surface area (Å²) >= 11 is 0.